The molecular weight excluding hydrogens is 230 g/mol. The summed E-state index contributed by atoms with van der Waals surface area (Å²) in [6.07, 6.45) is 3.76. The topological polar surface area (TPSA) is 63.7 Å². The first kappa shape index (κ1) is 11.9. The van der Waals surface area contributed by atoms with E-state index in [9.17, 15) is 13.2 Å². The molecule has 6 heteroatoms. The Hall–Kier alpha value is -0.620. The average molecular weight is 247 g/mol. The molecule has 0 amide bonds. The van der Waals surface area contributed by atoms with Gasteiger partial charge in [0, 0.05) is 25.4 Å². The molecule has 16 heavy (non-hydrogen) atoms. The lowest BCUT2D eigenvalue weighted by Crippen LogP contribution is -2.39. The Balaban J connectivity index is 1.90. The zero-order valence-electron chi connectivity index (χ0n) is 9.60. The molecule has 5 nitrogen and oxygen atoms in total. The van der Waals surface area contributed by atoms with Crippen molar-refractivity contribution in [1.82, 2.24) is 4.31 Å². The number of nitrogens with zero attached hydrogens (tertiary/aromatic N) is 1. The summed E-state index contributed by atoms with van der Waals surface area (Å²) in [5.74, 6) is -0.243. The van der Waals surface area contributed by atoms with Gasteiger partial charge in [-0.1, -0.05) is 0 Å². The third-order valence-electron chi connectivity index (χ3n) is 3.61. The van der Waals surface area contributed by atoms with Gasteiger partial charge in [0.2, 0.25) is 10.0 Å². The second-order valence-corrected chi connectivity index (χ2v) is 6.81. The number of carbonyl (C=O) groups excluding carboxylic acids is 1. The molecular formula is C10H17NO4S. The summed E-state index contributed by atoms with van der Waals surface area (Å²) in [6.45, 7) is 2.52. The van der Waals surface area contributed by atoms with Gasteiger partial charge in [-0.3, -0.25) is 4.79 Å². The van der Waals surface area contributed by atoms with Crippen LogP contribution >= 0.6 is 0 Å². The molecule has 0 radical (unpaired) electrons. The first-order valence-corrected chi connectivity index (χ1v) is 7.31. The first-order chi connectivity index (χ1) is 7.33. The molecule has 0 aromatic rings. The van der Waals surface area contributed by atoms with E-state index in [-0.39, 0.29) is 17.5 Å². The molecule has 1 unspecified atom stereocenters. The van der Waals surface area contributed by atoms with E-state index in [0.29, 0.717) is 13.1 Å². The fourth-order valence-corrected chi connectivity index (χ4v) is 3.31. The molecule has 1 saturated carbocycles. The highest BCUT2D eigenvalue weighted by Crippen LogP contribution is 2.55. The summed E-state index contributed by atoms with van der Waals surface area (Å²) in [5, 5.41) is 0. The highest BCUT2D eigenvalue weighted by atomic mass is 32.2. The minimum Gasteiger partial charge on any atom is -0.462 e. The molecule has 1 atom stereocenters. The summed E-state index contributed by atoms with van der Waals surface area (Å²) in [6, 6.07) is 0. The molecule has 2 rings (SSSR count). The van der Waals surface area contributed by atoms with Crippen molar-refractivity contribution in [2.45, 2.75) is 32.3 Å². The molecule has 2 fully saturated rings. The molecule has 1 saturated heterocycles. The van der Waals surface area contributed by atoms with E-state index >= 15 is 0 Å². The van der Waals surface area contributed by atoms with Crippen LogP contribution in [0.2, 0.25) is 0 Å². The number of piperidine rings is 1. The van der Waals surface area contributed by atoms with Crippen LogP contribution in [0.15, 0.2) is 0 Å². The normalized spacial score (nSPS) is 29.0. The van der Waals surface area contributed by atoms with Crippen LogP contribution < -0.4 is 0 Å². The summed E-state index contributed by atoms with van der Waals surface area (Å²) in [5.41, 5.74) is 0.0762. The van der Waals surface area contributed by atoms with Gasteiger partial charge in [0.15, 0.2) is 0 Å². The monoisotopic (exact) mass is 247 g/mol. The smallest absolute Gasteiger partial charge is 0.302 e. The molecule has 0 aromatic carbocycles. The van der Waals surface area contributed by atoms with Crippen molar-refractivity contribution in [3.63, 3.8) is 0 Å². The van der Waals surface area contributed by atoms with Crippen molar-refractivity contribution in [2.24, 2.45) is 5.41 Å². The van der Waals surface area contributed by atoms with Crippen LogP contribution in [0.1, 0.15) is 26.2 Å². The fourth-order valence-electron chi connectivity index (χ4n) is 2.47. The van der Waals surface area contributed by atoms with Crippen molar-refractivity contribution in [2.75, 3.05) is 19.3 Å². The molecule has 0 bridgehead atoms. The molecule has 1 heterocycles. The summed E-state index contributed by atoms with van der Waals surface area (Å²) in [4.78, 5) is 10.8. The Labute approximate surface area is 95.8 Å². The zero-order valence-corrected chi connectivity index (χ0v) is 10.4. The molecule has 1 aliphatic heterocycles. The Morgan fingerprint density at radius 2 is 1.94 bits per heavy atom. The predicted octanol–water partition coefficient (Wildman–Crippen LogP) is 0.364. The van der Waals surface area contributed by atoms with Crippen LogP contribution in [0.3, 0.4) is 0 Å². The maximum absolute atomic E-state index is 11.3. The van der Waals surface area contributed by atoms with Crippen LogP contribution in [0.4, 0.5) is 0 Å². The maximum Gasteiger partial charge on any atom is 0.302 e. The Bertz CT molecular complexity index is 395. The Morgan fingerprint density at radius 3 is 2.38 bits per heavy atom. The predicted molar refractivity (Wildman–Crippen MR) is 58.3 cm³/mol. The van der Waals surface area contributed by atoms with E-state index in [2.05, 4.69) is 0 Å². The third kappa shape index (κ3) is 2.22. The van der Waals surface area contributed by atoms with Crippen molar-refractivity contribution in [3.8, 4) is 0 Å². The van der Waals surface area contributed by atoms with E-state index in [1.54, 1.807) is 0 Å². The molecule has 2 aliphatic rings. The van der Waals surface area contributed by atoms with Gasteiger partial charge in [-0.05, 0) is 19.3 Å². The summed E-state index contributed by atoms with van der Waals surface area (Å²) >= 11 is 0. The summed E-state index contributed by atoms with van der Waals surface area (Å²) in [7, 11) is -3.06. The number of esters is 1. The fraction of sp³-hybridized carbons (Fsp3) is 0.900. The molecule has 0 aromatic heterocycles. The number of hydrogen-bond donors (Lipinski definition) is 0. The average Bonchev–Trinajstić information content (AvgIpc) is 2.76. The number of rotatable bonds is 2. The standard InChI is InChI=1S/C10H17NO4S/c1-8(12)15-9-7-10(9)3-5-11(6-4-10)16(2,13)14/h9H,3-7H2,1-2H3. The molecule has 0 N–H and O–H groups in total. The molecule has 1 aliphatic carbocycles. The first-order valence-electron chi connectivity index (χ1n) is 5.46. The van der Waals surface area contributed by atoms with Gasteiger partial charge in [0.1, 0.15) is 6.10 Å². The molecule has 92 valence electrons. The number of sulfonamides is 1. The van der Waals surface area contributed by atoms with Crippen LogP contribution in [0.25, 0.3) is 0 Å². The van der Waals surface area contributed by atoms with Gasteiger partial charge in [0.05, 0.1) is 6.26 Å². The van der Waals surface area contributed by atoms with Gasteiger partial charge in [0.25, 0.3) is 0 Å². The van der Waals surface area contributed by atoms with Gasteiger partial charge < -0.3 is 4.74 Å². The van der Waals surface area contributed by atoms with E-state index in [4.69, 9.17) is 4.74 Å². The van der Waals surface area contributed by atoms with Gasteiger partial charge in [-0.2, -0.15) is 0 Å². The van der Waals surface area contributed by atoms with Crippen LogP contribution in [-0.2, 0) is 19.6 Å². The van der Waals surface area contributed by atoms with E-state index in [0.717, 1.165) is 19.3 Å². The summed E-state index contributed by atoms with van der Waals surface area (Å²) < 4.78 is 29.3. The van der Waals surface area contributed by atoms with Crippen molar-refractivity contribution >= 4 is 16.0 Å². The highest BCUT2D eigenvalue weighted by Gasteiger charge is 2.58. The van der Waals surface area contributed by atoms with Crippen LogP contribution in [0, 0.1) is 5.41 Å². The van der Waals surface area contributed by atoms with E-state index in [1.165, 1.54) is 17.5 Å². The van der Waals surface area contributed by atoms with Crippen molar-refractivity contribution in [1.29, 1.82) is 0 Å². The minimum absolute atomic E-state index is 0.0201. The lowest BCUT2D eigenvalue weighted by Gasteiger charge is -2.30. The van der Waals surface area contributed by atoms with E-state index < -0.39 is 10.0 Å². The van der Waals surface area contributed by atoms with Crippen LogP contribution in [-0.4, -0.2) is 44.1 Å². The lowest BCUT2D eigenvalue weighted by atomic mass is 9.94. The van der Waals surface area contributed by atoms with E-state index in [1.807, 2.05) is 0 Å². The number of carbonyl (C=O) groups is 1. The van der Waals surface area contributed by atoms with Crippen molar-refractivity contribution < 1.29 is 17.9 Å². The maximum atomic E-state index is 11.3. The van der Waals surface area contributed by atoms with Gasteiger partial charge >= 0.3 is 5.97 Å². The van der Waals surface area contributed by atoms with Gasteiger partial charge in [-0.15, -0.1) is 0 Å². The van der Waals surface area contributed by atoms with Crippen molar-refractivity contribution in [3.05, 3.63) is 0 Å². The quantitative estimate of drug-likeness (QED) is 0.661. The van der Waals surface area contributed by atoms with Gasteiger partial charge in [-0.25, -0.2) is 12.7 Å². The molecule has 1 spiro atoms. The zero-order chi connectivity index (χ0) is 12.0. The number of hydrogen-bond acceptors (Lipinski definition) is 4. The largest absolute Gasteiger partial charge is 0.462 e. The highest BCUT2D eigenvalue weighted by molar-refractivity contribution is 7.88. The Morgan fingerprint density at radius 1 is 1.38 bits per heavy atom. The third-order valence-corrected chi connectivity index (χ3v) is 4.91. The Kier molecular flexibility index (Phi) is 2.74. The second kappa shape index (κ2) is 3.70. The SMILES string of the molecule is CC(=O)OC1CC12CCN(S(C)(=O)=O)CC2. The lowest BCUT2D eigenvalue weighted by molar-refractivity contribution is -0.143. The minimum atomic E-state index is -3.06. The van der Waals surface area contributed by atoms with Crippen LogP contribution in [0.5, 0.6) is 0 Å². The number of ether oxygens (including phenoxy) is 1. The second-order valence-electron chi connectivity index (χ2n) is 4.83.